The lowest BCUT2D eigenvalue weighted by molar-refractivity contribution is -0.00565. The van der Waals surface area contributed by atoms with Crippen LogP contribution in [0, 0.1) is 0 Å². The van der Waals surface area contributed by atoms with Gasteiger partial charge in [-0.3, -0.25) is 13.6 Å². The maximum Gasteiger partial charge on any atom is 0.405 e. The highest BCUT2D eigenvalue weighted by molar-refractivity contribution is 8.00. The fourth-order valence-electron chi connectivity index (χ4n) is 2.31. The zero-order valence-corrected chi connectivity index (χ0v) is 12.8. The Morgan fingerprint density at radius 1 is 1.67 bits per heavy atom. The van der Waals surface area contributed by atoms with Crippen LogP contribution in [-0.4, -0.2) is 45.8 Å². The number of hydrogen-bond donors (Lipinski definition) is 3. The van der Waals surface area contributed by atoms with E-state index in [0.29, 0.717) is 0 Å². The van der Waals surface area contributed by atoms with Gasteiger partial charge in [-0.15, -0.1) is 11.8 Å². The molecule has 2 aliphatic heterocycles. The van der Waals surface area contributed by atoms with Gasteiger partial charge in [0.2, 0.25) is 0 Å². The molecule has 1 unspecified atom stereocenters. The van der Waals surface area contributed by atoms with Crippen LogP contribution in [-0.2, 0) is 13.6 Å². The summed E-state index contributed by atoms with van der Waals surface area (Å²) < 4.78 is 23.9. The summed E-state index contributed by atoms with van der Waals surface area (Å²) in [5.41, 5.74) is 4.89. The molecule has 0 bridgehead atoms. The molecule has 2 fully saturated rings. The van der Waals surface area contributed by atoms with Gasteiger partial charge in [0, 0.05) is 6.20 Å². The van der Waals surface area contributed by atoms with Crippen molar-refractivity contribution < 1.29 is 18.7 Å². The number of aliphatic hydroxyl groups excluding tert-OH is 1. The van der Waals surface area contributed by atoms with Crippen LogP contribution >= 0.6 is 19.5 Å². The Bertz CT molecular complexity index is 655. The van der Waals surface area contributed by atoms with Crippen molar-refractivity contribution in [2.24, 2.45) is 0 Å². The normalized spacial score (nSPS) is 39.1. The van der Waals surface area contributed by atoms with Crippen LogP contribution in [0.3, 0.4) is 0 Å². The predicted molar refractivity (Wildman–Crippen MR) is 76.8 cm³/mol. The van der Waals surface area contributed by atoms with Crippen LogP contribution in [0.4, 0.5) is 5.82 Å². The number of nitrogen functional groups attached to an aromatic ring is 1. The molecule has 3 rings (SSSR count). The van der Waals surface area contributed by atoms with Crippen molar-refractivity contribution in [1.82, 2.24) is 14.6 Å². The zero-order valence-electron chi connectivity index (χ0n) is 11.1. The molecular weight excluding hydrogens is 319 g/mol. The van der Waals surface area contributed by atoms with Crippen molar-refractivity contribution in [1.29, 1.82) is 0 Å². The number of fused-ring (bicyclic) bond motifs is 1. The molecule has 0 radical (unpaired) electrons. The van der Waals surface area contributed by atoms with Crippen LogP contribution in [0.15, 0.2) is 17.1 Å². The molecule has 2 aliphatic rings. The summed E-state index contributed by atoms with van der Waals surface area (Å²) in [4.78, 5) is 15.5. The molecular formula is C10H15N4O5PS. The minimum absolute atomic E-state index is 0.116. The molecule has 21 heavy (non-hydrogen) atoms. The highest BCUT2D eigenvalue weighted by atomic mass is 32.2. The molecule has 0 spiro atoms. The van der Waals surface area contributed by atoms with Gasteiger partial charge < -0.3 is 10.8 Å². The molecule has 116 valence electrons. The Labute approximate surface area is 124 Å². The molecule has 11 heteroatoms. The summed E-state index contributed by atoms with van der Waals surface area (Å²) in [6.45, 7) is 0.165. The van der Waals surface area contributed by atoms with E-state index >= 15 is 0 Å². The Morgan fingerprint density at radius 2 is 2.43 bits per heavy atom. The first kappa shape index (κ1) is 15.0. The number of aromatic nitrogens is 2. The Kier molecular flexibility index (Phi) is 3.85. The second-order valence-corrected chi connectivity index (χ2v) is 7.96. The third kappa shape index (κ3) is 2.63. The molecule has 3 heterocycles. The highest BCUT2D eigenvalue weighted by Gasteiger charge is 2.52. The van der Waals surface area contributed by atoms with E-state index in [4.69, 9.17) is 14.8 Å². The lowest BCUT2D eigenvalue weighted by Crippen LogP contribution is -2.41. The number of nitrogens with two attached hydrogens (primary N) is 1. The van der Waals surface area contributed by atoms with Crippen LogP contribution in [0.2, 0.25) is 0 Å². The quantitative estimate of drug-likeness (QED) is 0.615. The maximum atomic E-state index is 12.1. The van der Waals surface area contributed by atoms with Gasteiger partial charge in [-0.25, -0.2) is 14.4 Å². The number of nitrogens with zero attached hydrogens (tertiary/aromatic N) is 2. The number of nitrogens with one attached hydrogen (secondary N) is 1. The third-order valence-electron chi connectivity index (χ3n) is 3.38. The van der Waals surface area contributed by atoms with Crippen LogP contribution in [0.1, 0.15) is 5.37 Å². The number of anilines is 1. The van der Waals surface area contributed by atoms with Gasteiger partial charge in [0.1, 0.15) is 23.4 Å². The molecule has 0 aliphatic carbocycles. The van der Waals surface area contributed by atoms with Crippen molar-refractivity contribution in [3.63, 3.8) is 0 Å². The van der Waals surface area contributed by atoms with E-state index in [-0.39, 0.29) is 17.7 Å². The molecule has 1 aromatic heterocycles. The average Bonchev–Trinajstić information content (AvgIpc) is 2.76. The summed E-state index contributed by atoms with van der Waals surface area (Å²) in [6, 6.07) is 1.48. The number of aliphatic hydroxyl groups is 1. The maximum absolute atomic E-state index is 12.1. The van der Waals surface area contributed by atoms with E-state index in [1.165, 1.54) is 35.6 Å². The van der Waals surface area contributed by atoms with Gasteiger partial charge in [-0.1, -0.05) is 0 Å². The topological polar surface area (TPSA) is 129 Å². The second-order valence-electron chi connectivity index (χ2n) is 4.68. The van der Waals surface area contributed by atoms with E-state index in [1.54, 1.807) is 0 Å². The first-order valence-electron chi connectivity index (χ1n) is 6.24. The monoisotopic (exact) mass is 334 g/mol. The summed E-state index contributed by atoms with van der Waals surface area (Å²) >= 11 is 1.32. The Morgan fingerprint density at radius 3 is 3.10 bits per heavy atom. The highest BCUT2D eigenvalue weighted by Crippen LogP contribution is 2.56. The first-order valence-corrected chi connectivity index (χ1v) is 8.72. The Balaban J connectivity index is 1.88. The SMILES string of the molecule is CNP1(=O)OC[C@H]2S[C@@H](n3ccc(N)nc3=O)[C@@H](O)[C@@H]2O1. The minimum Gasteiger partial charge on any atom is -0.387 e. The van der Waals surface area contributed by atoms with Gasteiger partial charge in [0.15, 0.2) is 0 Å². The van der Waals surface area contributed by atoms with Gasteiger partial charge in [0.25, 0.3) is 0 Å². The second kappa shape index (κ2) is 5.38. The fraction of sp³-hybridized carbons (Fsp3) is 0.600. The number of thioether (sulfide) groups is 1. The molecule has 5 atom stereocenters. The average molecular weight is 334 g/mol. The molecule has 4 N–H and O–H groups in total. The summed E-state index contributed by atoms with van der Waals surface area (Å²) in [5.74, 6) is 0.116. The number of rotatable bonds is 2. The first-order chi connectivity index (χ1) is 9.93. The molecule has 0 amide bonds. The van der Waals surface area contributed by atoms with E-state index in [0.717, 1.165) is 0 Å². The van der Waals surface area contributed by atoms with Crippen molar-refractivity contribution in [2.75, 3.05) is 19.4 Å². The third-order valence-corrected chi connectivity index (χ3v) is 6.47. The van der Waals surface area contributed by atoms with E-state index in [9.17, 15) is 14.5 Å². The smallest absolute Gasteiger partial charge is 0.387 e. The Hall–Kier alpha value is -0.900. The molecule has 9 nitrogen and oxygen atoms in total. The van der Waals surface area contributed by atoms with E-state index < -0.39 is 31.0 Å². The fourth-order valence-corrected chi connectivity index (χ4v) is 5.22. The lowest BCUT2D eigenvalue weighted by Gasteiger charge is -2.31. The van der Waals surface area contributed by atoms with Crippen LogP contribution < -0.4 is 16.5 Å². The van der Waals surface area contributed by atoms with Gasteiger partial charge in [-0.05, 0) is 13.1 Å². The number of hydrogen-bond acceptors (Lipinski definition) is 8. The van der Waals surface area contributed by atoms with Crippen molar-refractivity contribution in [3.8, 4) is 0 Å². The van der Waals surface area contributed by atoms with Gasteiger partial charge >= 0.3 is 13.4 Å². The van der Waals surface area contributed by atoms with E-state index in [1.807, 2.05) is 0 Å². The lowest BCUT2D eigenvalue weighted by atomic mass is 10.1. The van der Waals surface area contributed by atoms with Gasteiger partial charge in [-0.2, -0.15) is 4.98 Å². The summed E-state index contributed by atoms with van der Waals surface area (Å²) in [7, 11) is -1.93. The van der Waals surface area contributed by atoms with Crippen molar-refractivity contribution >= 4 is 25.3 Å². The standard InChI is InChI=1S/C10H15N4O5PS/c1-12-20(17)18-4-5-8(19-20)7(15)9(21-5)14-3-2-6(11)13-10(14)16/h2-3,5,7-9,15H,4H2,1H3,(H,12,17)(H2,11,13,16)/t5-,7+,8-,9-,20?/m1/s1. The minimum atomic E-state index is -3.39. The molecule has 1 aromatic rings. The van der Waals surface area contributed by atoms with Crippen LogP contribution in [0.25, 0.3) is 0 Å². The van der Waals surface area contributed by atoms with Crippen molar-refractivity contribution in [2.45, 2.75) is 22.8 Å². The largest absolute Gasteiger partial charge is 0.405 e. The molecule has 0 saturated carbocycles. The molecule has 2 saturated heterocycles. The predicted octanol–water partition coefficient (Wildman–Crippen LogP) is -0.457. The van der Waals surface area contributed by atoms with Crippen molar-refractivity contribution in [3.05, 3.63) is 22.7 Å². The zero-order chi connectivity index (χ0) is 15.2. The van der Waals surface area contributed by atoms with Gasteiger partial charge in [0.05, 0.1) is 11.9 Å². The van der Waals surface area contributed by atoms with Crippen LogP contribution in [0.5, 0.6) is 0 Å². The van der Waals surface area contributed by atoms with E-state index in [2.05, 4.69) is 10.1 Å². The summed E-state index contributed by atoms with van der Waals surface area (Å²) in [5, 5.41) is 12.1. The molecule has 0 aromatic carbocycles. The summed E-state index contributed by atoms with van der Waals surface area (Å²) in [6.07, 6.45) is -0.216.